The van der Waals surface area contributed by atoms with Gasteiger partial charge in [-0.05, 0) is 29.7 Å². The van der Waals surface area contributed by atoms with Crippen LogP contribution in [0.3, 0.4) is 0 Å². The van der Waals surface area contributed by atoms with Crippen LogP contribution in [0.4, 0.5) is 5.69 Å². The first kappa shape index (κ1) is 22.8. The van der Waals surface area contributed by atoms with Crippen LogP contribution >= 0.6 is 0 Å². The molecule has 1 saturated heterocycles. The lowest BCUT2D eigenvalue weighted by molar-refractivity contribution is -0.0233. The Labute approximate surface area is 195 Å². The van der Waals surface area contributed by atoms with Crippen LogP contribution in [0.2, 0.25) is 0 Å². The summed E-state index contributed by atoms with van der Waals surface area (Å²) < 4.78 is 6.39. The Morgan fingerprint density at radius 1 is 1.06 bits per heavy atom. The zero-order valence-corrected chi connectivity index (χ0v) is 18.9. The van der Waals surface area contributed by atoms with Gasteiger partial charge >= 0.3 is 5.97 Å². The Morgan fingerprint density at radius 2 is 1.70 bits per heavy atom. The number of nitrogens with two attached hydrogens (primary N) is 1. The molecule has 4 N–H and O–H groups in total. The third kappa shape index (κ3) is 5.02. The SMILES string of the molecule is CCC(Oc1cccc(C(=O)O)c1N)N1CCNCC1C(c1ccccc1)c1ccccc1. The molecule has 2 atom stereocenters. The number of carbonyl (C=O) groups is 1. The van der Waals surface area contributed by atoms with Crippen LogP contribution in [0.5, 0.6) is 5.75 Å². The Kier molecular flexibility index (Phi) is 7.27. The van der Waals surface area contributed by atoms with Crippen LogP contribution in [0.25, 0.3) is 0 Å². The molecule has 1 aliphatic rings. The first-order chi connectivity index (χ1) is 16.1. The number of nitrogens with one attached hydrogen (secondary N) is 1. The van der Waals surface area contributed by atoms with E-state index >= 15 is 0 Å². The molecule has 6 nitrogen and oxygen atoms in total. The van der Waals surface area contributed by atoms with Gasteiger partial charge in [-0.1, -0.05) is 73.7 Å². The van der Waals surface area contributed by atoms with Crippen molar-refractivity contribution in [1.29, 1.82) is 0 Å². The number of ether oxygens (including phenoxy) is 1. The summed E-state index contributed by atoms with van der Waals surface area (Å²) in [7, 11) is 0. The van der Waals surface area contributed by atoms with E-state index in [0.29, 0.717) is 5.75 Å². The molecule has 1 fully saturated rings. The second-order valence-corrected chi connectivity index (χ2v) is 8.31. The summed E-state index contributed by atoms with van der Waals surface area (Å²) in [6, 6.07) is 26.2. The van der Waals surface area contributed by atoms with Crippen LogP contribution < -0.4 is 15.8 Å². The largest absolute Gasteiger partial charge is 0.478 e. The summed E-state index contributed by atoms with van der Waals surface area (Å²) in [6.45, 7) is 4.58. The number of para-hydroxylation sites is 1. The standard InChI is InChI=1S/C27H31N3O3/c1-2-24(33-23-15-9-14-21(26(23)28)27(31)32)30-17-16-29-18-22(30)25(19-10-5-3-6-11-19)20-12-7-4-8-13-20/h3-15,22,24-25,29H,2,16-18,28H2,1H3,(H,31,32). The first-order valence-electron chi connectivity index (χ1n) is 11.4. The maximum atomic E-state index is 11.5. The molecule has 0 spiro atoms. The van der Waals surface area contributed by atoms with Crippen molar-refractivity contribution in [2.75, 3.05) is 25.4 Å². The van der Waals surface area contributed by atoms with E-state index in [-0.39, 0.29) is 29.4 Å². The van der Waals surface area contributed by atoms with Crippen molar-refractivity contribution >= 4 is 11.7 Å². The number of carboxylic acid groups (broad SMARTS) is 1. The maximum Gasteiger partial charge on any atom is 0.337 e. The first-order valence-corrected chi connectivity index (χ1v) is 11.4. The van der Waals surface area contributed by atoms with Gasteiger partial charge in [0, 0.05) is 31.6 Å². The lowest BCUT2D eigenvalue weighted by atomic mass is 9.83. The Bertz CT molecular complexity index is 1020. The average molecular weight is 446 g/mol. The number of hydrogen-bond donors (Lipinski definition) is 3. The van der Waals surface area contributed by atoms with Gasteiger partial charge < -0.3 is 20.9 Å². The second-order valence-electron chi connectivity index (χ2n) is 8.31. The van der Waals surface area contributed by atoms with Crippen molar-refractivity contribution in [3.63, 3.8) is 0 Å². The van der Waals surface area contributed by atoms with Crippen molar-refractivity contribution in [1.82, 2.24) is 10.2 Å². The molecular weight excluding hydrogens is 414 g/mol. The number of aromatic carboxylic acids is 1. The quantitative estimate of drug-likeness (QED) is 0.451. The zero-order valence-electron chi connectivity index (χ0n) is 18.9. The van der Waals surface area contributed by atoms with Gasteiger partial charge in [0.1, 0.15) is 5.75 Å². The van der Waals surface area contributed by atoms with Crippen LogP contribution in [-0.2, 0) is 0 Å². The maximum absolute atomic E-state index is 11.5. The highest BCUT2D eigenvalue weighted by Gasteiger charge is 2.36. The Hall–Kier alpha value is -3.35. The molecule has 6 heteroatoms. The van der Waals surface area contributed by atoms with Crippen LogP contribution in [-0.4, -0.2) is 47.9 Å². The smallest absolute Gasteiger partial charge is 0.337 e. The molecule has 0 aromatic heterocycles. The van der Waals surface area contributed by atoms with Crippen molar-refractivity contribution in [2.24, 2.45) is 0 Å². The molecule has 1 heterocycles. The van der Waals surface area contributed by atoms with Crippen LogP contribution in [0.15, 0.2) is 78.9 Å². The summed E-state index contributed by atoms with van der Waals surface area (Å²) in [5, 5.41) is 13.0. The lowest BCUT2D eigenvalue weighted by Crippen LogP contribution is -2.58. The van der Waals surface area contributed by atoms with Crippen LogP contribution in [0.1, 0.15) is 40.7 Å². The summed E-state index contributed by atoms with van der Waals surface area (Å²) in [5.74, 6) is -0.491. The minimum absolute atomic E-state index is 0.0608. The Balaban J connectivity index is 1.69. The molecule has 172 valence electrons. The number of benzene rings is 3. The molecular formula is C27H31N3O3. The van der Waals surface area contributed by atoms with E-state index in [4.69, 9.17) is 10.5 Å². The molecule has 33 heavy (non-hydrogen) atoms. The lowest BCUT2D eigenvalue weighted by Gasteiger charge is -2.44. The molecule has 1 aliphatic heterocycles. The fourth-order valence-electron chi connectivity index (χ4n) is 4.73. The van der Waals surface area contributed by atoms with Crippen molar-refractivity contribution in [3.05, 3.63) is 95.6 Å². The minimum Gasteiger partial charge on any atom is -0.478 e. The highest BCUT2D eigenvalue weighted by atomic mass is 16.5. The van der Waals surface area contributed by atoms with Gasteiger partial charge in [-0.3, -0.25) is 4.90 Å². The van der Waals surface area contributed by atoms with E-state index < -0.39 is 5.97 Å². The van der Waals surface area contributed by atoms with Gasteiger partial charge in [-0.2, -0.15) is 0 Å². The van der Waals surface area contributed by atoms with Crippen molar-refractivity contribution in [2.45, 2.75) is 31.5 Å². The monoisotopic (exact) mass is 445 g/mol. The molecule has 0 bridgehead atoms. The van der Waals surface area contributed by atoms with Gasteiger partial charge in [-0.25, -0.2) is 4.79 Å². The molecule has 0 aliphatic carbocycles. The van der Waals surface area contributed by atoms with E-state index in [0.717, 1.165) is 26.1 Å². The van der Waals surface area contributed by atoms with Crippen molar-refractivity contribution < 1.29 is 14.6 Å². The predicted octanol–water partition coefficient (Wildman–Crippen LogP) is 4.19. The zero-order chi connectivity index (χ0) is 23.2. The van der Waals surface area contributed by atoms with Gasteiger partial charge in [0.25, 0.3) is 0 Å². The summed E-state index contributed by atoms with van der Waals surface area (Å²) >= 11 is 0. The topological polar surface area (TPSA) is 87.8 Å². The highest BCUT2D eigenvalue weighted by molar-refractivity contribution is 5.95. The number of anilines is 1. The molecule has 0 amide bonds. The van der Waals surface area contributed by atoms with Crippen molar-refractivity contribution in [3.8, 4) is 5.75 Å². The minimum atomic E-state index is -1.06. The molecule has 4 rings (SSSR count). The number of carboxylic acids is 1. The van der Waals surface area contributed by atoms with E-state index in [2.05, 4.69) is 65.7 Å². The highest BCUT2D eigenvalue weighted by Crippen LogP contribution is 2.34. The summed E-state index contributed by atoms with van der Waals surface area (Å²) in [6.07, 6.45) is 0.502. The normalized spacial score (nSPS) is 17.6. The molecule has 0 saturated carbocycles. The third-order valence-electron chi connectivity index (χ3n) is 6.31. The average Bonchev–Trinajstić information content (AvgIpc) is 2.85. The molecule has 3 aromatic carbocycles. The molecule has 2 unspecified atom stereocenters. The van der Waals surface area contributed by atoms with Gasteiger partial charge in [0.05, 0.1) is 11.3 Å². The van der Waals surface area contributed by atoms with Crippen LogP contribution in [0, 0.1) is 0 Å². The number of nitrogens with zero attached hydrogens (tertiary/aromatic N) is 1. The second kappa shape index (κ2) is 10.5. The number of nitrogen functional groups attached to an aromatic ring is 1. The van der Waals surface area contributed by atoms with Gasteiger partial charge in [0.15, 0.2) is 6.23 Å². The van der Waals surface area contributed by atoms with Gasteiger partial charge in [0.2, 0.25) is 0 Å². The molecule has 0 radical (unpaired) electrons. The van der Waals surface area contributed by atoms with E-state index in [1.54, 1.807) is 12.1 Å². The van der Waals surface area contributed by atoms with E-state index in [9.17, 15) is 9.90 Å². The molecule has 3 aromatic rings. The Morgan fingerprint density at radius 3 is 2.27 bits per heavy atom. The third-order valence-corrected chi connectivity index (χ3v) is 6.31. The number of hydrogen-bond acceptors (Lipinski definition) is 5. The van der Waals surface area contributed by atoms with E-state index in [1.165, 1.54) is 17.2 Å². The van der Waals surface area contributed by atoms with Gasteiger partial charge in [-0.15, -0.1) is 0 Å². The van der Waals surface area contributed by atoms with E-state index in [1.807, 2.05) is 12.1 Å². The number of piperazine rings is 1. The fraction of sp³-hybridized carbons (Fsp3) is 0.296. The predicted molar refractivity (Wildman–Crippen MR) is 131 cm³/mol. The number of rotatable bonds is 8. The summed E-state index contributed by atoms with van der Waals surface area (Å²) in [5.41, 5.74) is 8.89. The summed E-state index contributed by atoms with van der Waals surface area (Å²) in [4.78, 5) is 13.9. The fourth-order valence-corrected chi connectivity index (χ4v) is 4.73.